The summed E-state index contributed by atoms with van der Waals surface area (Å²) in [6.07, 6.45) is 6.99. The number of halogens is 1. The summed E-state index contributed by atoms with van der Waals surface area (Å²) in [6.45, 7) is 13.2. The third kappa shape index (κ3) is 12.2. The molecule has 0 unspecified atom stereocenters. The lowest BCUT2D eigenvalue weighted by molar-refractivity contribution is -0.130. The minimum absolute atomic E-state index is 0.00995. The largest absolute Gasteiger partial charge is 0.492 e. The van der Waals surface area contributed by atoms with Crippen LogP contribution in [0.1, 0.15) is 114 Å². The molecule has 6 aliphatic rings. The Labute approximate surface area is 530 Å². The van der Waals surface area contributed by atoms with Crippen LogP contribution in [0.15, 0.2) is 126 Å². The van der Waals surface area contributed by atoms with E-state index in [-0.39, 0.29) is 39.9 Å². The van der Waals surface area contributed by atoms with Crippen molar-refractivity contribution in [3.63, 3.8) is 0 Å². The Morgan fingerprint density at radius 2 is 1.11 bits per heavy atom. The van der Waals surface area contributed by atoms with E-state index < -0.39 is 0 Å². The van der Waals surface area contributed by atoms with Gasteiger partial charge >= 0.3 is 0 Å². The number of thiophene rings is 2. The molecule has 0 radical (unpaired) electrons. The standard InChI is InChI=1S/C24H27N3O3.C23H23ClN2O2S.C22H23N3O2S2/c1-17(28)26-21(14-18-5-3-2-4-6-18)23(29)27-11-9-24(10-12-27)16-30-22-8-7-19(15-25)13-20(22)24;1-14-2-4-16-19(10-14)29-21(20(16)24)22(27)26-8-6-23(7-9-26)13-28-18-5-3-15(12-25)11-17(18)23;1-14-24-17(12-28-14)19-4-5-20(29-19)21(26)25-8-6-22(7-9-25)13-27-18-3-2-15(11-23)10-16(18)22/h2-8,13-14H,9-12,15-16,25H2,1H3,(H,26,28);2-5,10-11H,6-9,12-13,25H2,1H3;2-5,10,12H,6-9,11,13,23H2,1H3/b21-14-;;. The smallest absolute Gasteiger partial charge is 0.270 e. The third-order valence-corrected chi connectivity index (χ3v) is 21.9. The second kappa shape index (κ2) is 25.6. The molecule has 6 aliphatic heterocycles. The summed E-state index contributed by atoms with van der Waals surface area (Å²) in [5.41, 5.74) is 27.8. The average molecular weight is 1260 g/mol. The number of piperidine rings is 3. The van der Waals surface area contributed by atoms with Crippen molar-refractivity contribution in [2.75, 3.05) is 59.1 Å². The summed E-state index contributed by atoms with van der Waals surface area (Å²) in [4.78, 5) is 63.9. The Kier molecular flexibility index (Phi) is 17.7. The first kappa shape index (κ1) is 60.8. The molecular weight excluding hydrogens is 1180 g/mol. The second-order valence-corrected chi connectivity index (χ2v) is 27.6. The average Bonchev–Trinajstić information content (AvgIpc) is 1.80. The van der Waals surface area contributed by atoms with Gasteiger partial charge in [-0.05, 0) is 123 Å². The summed E-state index contributed by atoms with van der Waals surface area (Å²) < 4.78 is 19.0. The van der Waals surface area contributed by atoms with Crippen molar-refractivity contribution in [1.82, 2.24) is 25.0 Å². The van der Waals surface area contributed by atoms with Crippen LogP contribution in [0.4, 0.5) is 0 Å². The van der Waals surface area contributed by atoms with E-state index in [0.29, 0.717) is 81.2 Å². The van der Waals surface area contributed by atoms with Gasteiger partial charge in [0.1, 0.15) is 27.8 Å². The summed E-state index contributed by atoms with van der Waals surface area (Å²) >= 11 is 11.2. The molecule has 3 fully saturated rings. The minimum atomic E-state index is -0.258. The number of hydrogen-bond acceptors (Lipinski definition) is 14. The van der Waals surface area contributed by atoms with Gasteiger partial charge in [0.15, 0.2) is 0 Å². The Morgan fingerprint density at radius 1 is 0.614 bits per heavy atom. The van der Waals surface area contributed by atoms with E-state index in [0.717, 1.165) is 122 Å². The molecule has 0 aliphatic carbocycles. The number of aromatic nitrogens is 1. The van der Waals surface area contributed by atoms with Gasteiger partial charge in [-0.25, -0.2) is 4.98 Å². The fourth-order valence-electron chi connectivity index (χ4n) is 13.2. The summed E-state index contributed by atoms with van der Waals surface area (Å²) in [5, 5.41) is 7.34. The van der Waals surface area contributed by atoms with Gasteiger partial charge < -0.3 is 51.4 Å². The molecule has 3 aromatic heterocycles. The Bertz CT molecular complexity index is 3970. The first-order chi connectivity index (χ1) is 42.6. The molecular formula is C69H73ClN8O7S3. The zero-order valence-corrected chi connectivity index (χ0v) is 53.0. The lowest BCUT2D eigenvalue weighted by atomic mass is 9.74. The fourth-order valence-corrected chi connectivity index (χ4v) is 16.4. The van der Waals surface area contributed by atoms with Crippen LogP contribution in [0.25, 0.3) is 26.7 Å². The highest BCUT2D eigenvalue weighted by atomic mass is 35.5. The quantitative estimate of drug-likeness (QED) is 0.0999. The number of carbonyl (C=O) groups excluding carboxylic acids is 4. The number of nitrogens with zero attached hydrogens (tertiary/aromatic N) is 4. The van der Waals surface area contributed by atoms with Gasteiger partial charge in [-0.3, -0.25) is 19.2 Å². The number of thiazole rings is 1. The number of carbonyl (C=O) groups is 4. The molecule has 4 amide bonds. The molecule has 19 heteroatoms. The van der Waals surface area contributed by atoms with E-state index in [1.165, 1.54) is 51.9 Å². The monoisotopic (exact) mass is 1260 g/mol. The number of ether oxygens (including phenoxy) is 3. The number of benzene rings is 5. The molecule has 3 saturated heterocycles. The zero-order valence-electron chi connectivity index (χ0n) is 49.8. The van der Waals surface area contributed by atoms with Gasteiger partial charge in [0.25, 0.3) is 17.7 Å². The van der Waals surface area contributed by atoms with Gasteiger partial charge in [-0.2, -0.15) is 0 Å². The lowest BCUT2D eigenvalue weighted by Gasteiger charge is -2.39. The number of fused-ring (bicyclic) bond motifs is 7. The van der Waals surface area contributed by atoms with Crippen molar-refractivity contribution in [1.29, 1.82) is 0 Å². The van der Waals surface area contributed by atoms with Crippen LogP contribution in [-0.2, 0) is 45.5 Å². The molecule has 5 aromatic carbocycles. The maximum Gasteiger partial charge on any atom is 0.270 e. The number of nitrogens with one attached hydrogen (secondary N) is 1. The van der Waals surface area contributed by atoms with E-state index in [1.807, 2.05) is 118 Å². The van der Waals surface area contributed by atoms with Crippen molar-refractivity contribution in [3.05, 3.63) is 191 Å². The van der Waals surface area contributed by atoms with Crippen LogP contribution in [0.5, 0.6) is 17.2 Å². The topological polar surface area (TPSA) is 209 Å². The summed E-state index contributed by atoms with van der Waals surface area (Å²) in [5.74, 6) is 2.62. The highest BCUT2D eigenvalue weighted by Crippen LogP contribution is 2.49. The van der Waals surface area contributed by atoms with Crippen molar-refractivity contribution in [2.45, 2.75) is 95.2 Å². The van der Waals surface area contributed by atoms with Crippen LogP contribution in [-0.4, -0.2) is 102 Å². The second-order valence-electron chi connectivity index (χ2n) is 24.0. The van der Waals surface area contributed by atoms with E-state index in [9.17, 15) is 19.2 Å². The van der Waals surface area contributed by atoms with E-state index >= 15 is 0 Å². The van der Waals surface area contributed by atoms with Gasteiger partial charge in [-0.15, -0.1) is 34.0 Å². The van der Waals surface area contributed by atoms with E-state index in [1.54, 1.807) is 17.4 Å². The van der Waals surface area contributed by atoms with E-state index in [4.69, 9.17) is 43.0 Å². The third-order valence-electron chi connectivity index (χ3n) is 18.4. The number of hydrogen-bond donors (Lipinski definition) is 4. The minimum Gasteiger partial charge on any atom is -0.492 e. The highest BCUT2D eigenvalue weighted by Gasteiger charge is 2.47. The molecule has 0 atom stereocenters. The molecule has 88 heavy (non-hydrogen) atoms. The molecule has 0 bridgehead atoms. The molecule has 14 rings (SSSR count). The SMILES string of the molecule is CC(=O)N/C(=C\c1ccccc1)C(=O)N1CCC2(CC1)COc1ccc(CN)cc12.Cc1ccc2c(Cl)c(C(=O)N3CCC4(CC3)COc3ccc(CN)cc34)sc2c1.Cc1nc(-c2ccc(C(=O)N3CCC4(CC3)COc3ccc(CN)cc34)s2)cs1. The van der Waals surface area contributed by atoms with Crippen molar-refractivity contribution >= 4 is 85.4 Å². The van der Waals surface area contributed by atoms with Crippen LogP contribution < -0.4 is 36.7 Å². The first-order valence-corrected chi connectivity index (χ1v) is 33.0. The lowest BCUT2D eigenvalue weighted by Crippen LogP contribution is -2.47. The van der Waals surface area contributed by atoms with Gasteiger partial charge in [0, 0.05) is 114 Å². The molecule has 9 heterocycles. The zero-order chi connectivity index (χ0) is 61.3. The summed E-state index contributed by atoms with van der Waals surface area (Å²) in [6, 6.07) is 38.3. The summed E-state index contributed by atoms with van der Waals surface area (Å²) in [7, 11) is 0. The molecule has 15 nitrogen and oxygen atoms in total. The number of aryl methyl sites for hydroxylation is 2. The van der Waals surface area contributed by atoms with Crippen LogP contribution >= 0.6 is 45.6 Å². The van der Waals surface area contributed by atoms with E-state index in [2.05, 4.69) is 41.5 Å². The Morgan fingerprint density at radius 3 is 1.59 bits per heavy atom. The highest BCUT2D eigenvalue weighted by molar-refractivity contribution is 7.21. The van der Waals surface area contributed by atoms with Gasteiger partial charge in [0.05, 0.1) is 45.3 Å². The van der Waals surface area contributed by atoms with Crippen molar-refractivity contribution in [2.24, 2.45) is 17.2 Å². The van der Waals surface area contributed by atoms with Crippen LogP contribution in [0.2, 0.25) is 5.02 Å². The molecule has 8 aromatic rings. The van der Waals surface area contributed by atoms with Crippen LogP contribution in [0.3, 0.4) is 0 Å². The number of rotatable bonds is 9. The molecule has 7 N–H and O–H groups in total. The fraction of sp³-hybridized carbons (Fsp3) is 0.348. The first-order valence-electron chi connectivity index (χ1n) is 30.1. The van der Waals surface area contributed by atoms with Gasteiger partial charge in [0.2, 0.25) is 5.91 Å². The molecule has 0 saturated carbocycles. The Balaban J connectivity index is 0.000000129. The molecule has 3 spiro atoms. The van der Waals surface area contributed by atoms with Crippen molar-refractivity contribution < 1.29 is 33.4 Å². The number of amides is 4. The predicted molar refractivity (Wildman–Crippen MR) is 351 cm³/mol. The van der Waals surface area contributed by atoms with Gasteiger partial charge in [-0.1, -0.05) is 90.5 Å². The van der Waals surface area contributed by atoms with Crippen LogP contribution in [0, 0.1) is 13.8 Å². The normalized spacial score (nSPS) is 17.4. The molecule has 456 valence electrons. The van der Waals surface area contributed by atoms with Crippen molar-refractivity contribution in [3.8, 4) is 27.8 Å². The maximum atomic E-state index is 13.2. The Hall–Kier alpha value is -7.42. The maximum absolute atomic E-state index is 13.2. The number of nitrogens with two attached hydrogens (primary N) is 3. The predicted octanol–water partition coefficient (Wildman–Crippen LogP) is 11.7. The number of likely N-dealkylation sites (tertiary alicyclic amines) is 3.